The zero-order valence-electron chi connectivity index (χ0n) is 18.1. The number of nitrogens with one attached hydrogen (secondary N) is 1. The summed E-state index contributed by atoms with van der Waals surface area (Å²) in [6.07, 6.45) is 3.00. The third-order valence-corrected chi connectivity index (χ3v) is 8.08. The van der Waals surface area contributed by atoms with E-state index in [1.165, 1.54) is 4.31 Å². The number of rotatable bonds is 7. The summed E-state index contributed by atoms with van der Waals surface area (Å²) in [5.41, 5.74) is 1.27. The molecule has 8 heteroatoms. The van der Waals surface area contributed by atoms with Gasteiger partial charge in [0.25, 0.3) is 0 Å². The fourth-order valence-corrected chi connectivity index (χ4v) is 5.63. The topological polar surface area (TPSA) is 99.5 Å². The smallest absolute Gasteiger partial charge is 0.243 e. The van der Waals surface area contributed by atoms with Gasteiger partial charge in [-0.2, -0.15) is 9.57 Å². The third kappa shape index (κ3) is 4.50. The Morgan fingerprint density at radius 3 is 2.47 bits per heavy atom. The van der Waals surface area contributed by atoms with Gasteiger partial charge in [0.2, 0.25) is 15.9 Å². The van der Waals surface area contributed by atoms with E-state index in [0.29, 0.717) is 37.4 Å². The van der Waals surface area contributed by atoms with Crippen molar-refractivity contribution in [1.82, 2.24) is 4.31 Å². The molecule has 1 atom stereocenters. The molecule has 0 aromatic heterocycles. The van der Waals surface area contributed by atoms with E-state index in [0.717, 1.165) is 18.4 Å². The van der Waals surface area contributed by atoms with E-state index in [1.54, 1.807) is 24.3 Å². The second-order valence-corrected chi connectivity index (χ2v) is 10.3. The van der Waals surface area contributed by atoms with E-state index >= 15 is 0 Å². The molecule has 0 radical (unpaired) electrons. The van der Waals surface area contributed by atoms with Crippen molar-refractivity contribution in [1.29, 1.82) is 5.26 Å². The highest BCUT2D eigenvalue weighted by Crippen LogP contribution is 2.47. The predicted octanol–water partition coefficient (Wildman–Crippen LogP) is 3.68. The van der Waals surface area contributed by atoms with Gasteiger partial charge in [0.1, 0.15) is 5.75 Å². The van der Waals surface area contributed by atoms with E-state index in [1.807, 2.05) is 31.2 Å². The van der Waals surface area contributed by atoms with Crippen LogP contribution in [0, 0.1) is 17.2 Å². The maximum atomic E-state index is 13.1. The van der Waals surface area contributed by atoms with Gasteiger partial charge in [0.15, 0.2) is 0 Å². The molecule has 2 aromatic carbocycles. The molecule has 7 nitrogen and oxygen atoms in total. The Bertz CT molecular complexity index is 1120. The molecule has 1 heterocycles. The molecule has 32 heavy (non-hydrogen) atoms. The fourth-order valence-electron chi connectivity index (χ4n) is 4.11. The quantitative estimate of drug-likeness (QED) is 0.689. The monoisotopic (exact) mass is 453 g/mol. The highest BCUT2D eigenvalue weighted by atomic mass is 32.2. The molecule has 168 valence electrons. The number of carbonyl (C=O) groups is 1. The SMILES string of the molecule is CCOc1ccc(S(=O)(=O)N2CCCC(C(=O)Nc3ccc(C4(C#N)CC4)cc3)C2)cc1. The Hall–Kier alpha value is -2.89. The molecular weight excluding hydrogens is 426 g/mol. The Morgan fingerprint density at radius 2 is 1.88 bits per heavy atom. The molecule has 2 aromatic rings. The number of hydrogen-bond donors (Lipinski definition) is 1. The minimum Gasteiger partial charge on any atom is -0.494 e. The van der Waals surface area contributed by atoms with Gasteiger partial charge < -0.3 is 10.1 Å². The number of carbonyl (C=O) groups excluding carboxylic acids is 1. The fraction of sp³-hybridized carbons (Fsp3) is 0.417. The molecule has 1 aliphatic carbocycles. The first kappa shape index (κ1) is 22.3. The van der Waals surface area contributed by atoms with Gasteiger partial charge in [0, 0.05) is 18.8 Å². The molecule has 2 fully saturated rings. The first-order chi connectivity index (χ1) is 15.4. The van der Waals surface area contributed by atoms with Crippen molar-refractivity contribution < 1.29 is 17.9 Å². The zero-order valence-corrected chi connectivity index (χ0v) is 18.9. The van der Waals surface area contributed by atoms with Gasteiger partial charge in [-0.3, -0.25) is 4.79 Å². The van der Waals surface area contributed by atoms with Crippen LogP contribution < -0.4 is 10.1 Å². The molecule has 1 unspecified atom stereocenters. The van der Waals surface area contributed by atoms with Gasteiger partial charge in [-0.25, -0.2) is 8.42 Å². The van der Waals surface area contributed by atoms with Crippen LogP contribution in [0.4, 0.5) is 5.69 Å². The molecule has 0 bridgehead atoms. The standard InChI is InChI=1S/C24H27N3O4S/c1-2-31-21-9-11-22(12-10-21)32(29,30)27-15-3-4-18(16-27)23(28)26-20-7-5-19(6-8-20)24(17-25)13-14-24/h5-12,18H,2-4,13-16H2,1H3,(H,26,28). The van der Waals surface area contributed by atoms with Crippen LogP contribution in [0.2, 0.25) is 0 Å². The van der Waals surface area contributed by atoms with E-state index < -0.39 is 15.9 Å². The number of hydrogen-bond acceptors (Lipinski definition) is 5. The largest absolute Gasteiger partial charge is 0.494 e. The highest BCUT2D eigenvalue weighted by Gasteiger charge is 2.44. The highest BCUT2D eigenvalue weighted by molar-refractivity contribution is 7.89. The van der Waals surface area contributed by atoms with E-state index in [9.17, 15) is 18.5 Å². The summed E-state index contributed by atoms with van der Waals surface area (Å²) in [5, 5.41) is 12.2. The molecule has 1 amide bonds. The van der Waals surface area contributed by atoms with Crippen LogP contribution in [0.1, 0.15) is 38.2 Å². The van der Waals surface area contributed by atoms with Gasteiger partial charge in [-0.15, -0.1) is 0 Å². The van der Waals surface area contributed by atoms with Crippen LogP contribution in [-0.2, 0) is 20.2 Å². The number of nitriles is 1. The van der Waals surface area contributed by atoms with Crippen LogP contribution in [0.3, 0.4) is 0 Å². The van der Waals surface area contributed by atoms with Crippen molar-refractivity contribution in [3.63, 3.8) is 0 Å². The number of benzene rings is 2. The second-order valence-electron chi connectivity index (χ2n) is 8.37. The molecule has 2 aliphatic rings. The summed E-state index contributed by atoms with van der Waals surface area (Å²) in [6, 6.07) is 16.1. The first-order valence-electron chi connectivity index (χ1n) is 10.9. The van der Waals surface area contributed by atoms with Crippen molar-refractivity contribution in [2.24, 2.45) is 5.92 Å². The Labute approximate surface area is 189 Å². The average molecular weight is 454 g/mol. The number of sulfonamides is 1. The van der Waals surface area contributed by atoms with E-state index in [4.69, 9.17) is 4.74 Å². The van der Waals surface area contributed by atoms with Gasteiger partial charge in [-0.05, 0) is 74.6 Å². The van der Waals surface area contributed by atoms with Gasteiger partial charge >= 0.3 is 0 Å². The van der Waals surface area contributed by atoms with Crippen LogP contribution in [-0.4, -0.2) is 38.3 Å². The molecule has 1 aliphatic heterocycles. The number of anilines is 1. The summed E-state index contributed by atoms with van der Waals surface area (Å²) in [5.74, 6) is 0.0105. The molecule has 4 rings (SSSR count). The van der Waals surface area contributed by atoms with Crippen LogP contribution >= 0.6 is 0 Å². The van der Waals surface area contributed by atoms with Crippen molar-refractivity contribution >= 4 is 21.6 Å². The number of nitrogens with zero attached hydrogens (tertiary/aromatic N) is 2. The van der Waals surface area contributed by atoms with E-state index in [-0.39, 0.29) is 22.8 Å². The van der Waals surface area contributed by atoms with Crippen molar-refractivity contribution in [3.05, 3.63) is 54.1 Å². The third-order valence-electron chi connectivity index (χ3n) is 6.20. The summed E-state index contributed by atoms with van der Waals surface area (Å²) >= 11 is 0. The van der Waals surface area contributed by atoms with Crippen molar-refractivity contribution in [2.45, 2.75) is 42.9 Å². The summed E-state index contributed by atoms with van der Waals surface area (Å²) in [7, 11) is -3.68. The lowest BCUT2D eigenvalue weighted by molar-refractivity contribution is -0.120. The van der Waals surface area contributed by atoms with Crippen molar-refractivity contribution in [3.8, 4) is 11.8 Å². The minimum absolute atomic E-state index is 0.150. The van der Waals surface area contributed by atoms with Crippen LogP contribution in [0.5, 0.6) is 5.75 Å². The molecule has 0 spiro atoms. The maximum absolute atomic E-state index is 13.1. The minimum atomic E-state index is -3.68. The number of ether oxygens (including phenoxy) is 1. The molecule has 1 saturated carbocycles. The summed E-state index contributed by atoms with van der Waals surface area (Å²) in [4.78, 5) is 13.0. The normalized spacial score (nSPS) is 20.2. The molecule has 1 N–H and O–H groups in total. The van der Waals surface area contributed by atoms with Gasteiger partial charge in [0.05, 0.1) is 28.9 Å². The zero-order chi connectivity index (χ0) is 22.8. The Kier molecular flexibility index (Phi) is 6.22. The van der Waals surface area contributed by atoms with Gasteiger partial charge in [-0.1, -0.05) is 12.1 Å². The number of amides is 1. The lowest BCUT2D eigenvalue weighted by atomic mass is 9.97. The molecule has 1 saturated heterocycles. The van der Waals surface area contributed by atoms with Crippen LogP contribution in [0.25, 0.3) is 0 Å². The predicted molar refractivity (Wildman–Crippen MR) is 121 cm³/mol. The second kappa shape index (κ2) is 8.93. The van der Waals surface area contributed by atoms with Crippen molar-refractivity contribution in [2.75, 3.05) is 25.0 Å². The first-order valence-corrected chi connectivity index (χ1v) is 12.4. The van der Waals surface area contributed by atoms with E-state index in [2.05, 4.69) is 11.4 Å². The summed E-state index contributed by atoms with van der Waals surface area (Å²) in [6.45, 7) is 2.92. The lowest BCUT2D eigenvalue weighted by Crippen LogP contribution is -2.43. The summed E-state index contributed by atoms with van der Waals surface area (Å²) < 4.78 is 32.9. The lowest BCUT2D eigenvalue weighted by Gasteiger charge is -2.31. The Morgan fingerprint density at radius 1 is 1.19 bits per heavy atom. The Balaban J connectivity index is 1.40. The average Bonchev–Trinajstić information content (AvgIpc) is 3.62. The molecular formula is C24H27N3O4S. The number of piperidine rings is 1. The van der Waals surface area contributed by atoms with Crippen LogP contribution in [0.15, 0.2) is 53.4 Å². The maximum Gasteiger partial charge on any atom is 0.243 e.